The molecule has 33 heavy (non-hydrogen) atoms. The number of aromatic nitrogens is 1. The van der Waals surface area contributed by atoms with Crippen LogP contribution in [-0.4, -0.2) is 29.8 Å². The lowest BCUT2D eigenvalue weighted by atomic mass is 10.1. The molecule has 1 aromatic heterocycles. The zero-order valence-electron chi connectivity index (χ0n) is 17.9. The molecule has 8 heteroatoms. The van der Waals surface area contributed by atoms with Crippen molar-refractivity contribution in [2.24, 2.45) is 4.99 Å². The van der Waals surface area contributed by atoms with Crippen molar-refractivity contribution in [2.75, 3.05) is 18.4 Å². The maximum atomic E-state index is 13.0. The number of pyridine rings is 1. The second-order valence-corrected chi connectivity index (χ2v) is 7.83. The molecule has 1 aliphatic rings. The molecule has 0 aliphatic carbocycles. The molecule has 0 fully saturated rings. The summed E-state index contributed by atoms with van der Waals surface area (Å²) in [6.07, 6.45) is 3.16. The van der Waals surface area contributed by atoms with Crippen LogP contribution >= 0.6 is 11.6 Å². The van der Waals surface area contributed by atoms with E-state index in [0.717, 1.165) is 35.8 Å². The third kappa shape index (κ3) is 5.75. The molecule has 0 unspecified atom stereocenters. The van der Waals surface area contributed by atoms with Crippen LogP contribution in [0.3, 0.4) is 0 Å². The summed E-state index contributed by atoms with van der Waals surface area (Å²) in [5.74, 6) is 1.71. The lowest BCUT2D eigenvalue weighted by molar-refractivity contribution is -0.111. The molecule has 1 aliphatic heterocycles. The first-order valence-corrected chi connectivity index (χ1v) is 10.8. The van der Waals surface area contributed by atoms with Crippen LogP contribution in [0.15, 0.2) is 71.9 Å². The summed E-state index contributed by atoms with van der Waals surface area (Å²) in [5, 5.41) is 6.26. The third-order valence-electron chi connectivity index (χ3n) is 4.98. The SMILES string of the molecule is C/C(=C\C(=O)Nc1ccc(Cl)c(CF)c1)c1cccc(Oc2ccnc(C3=NCCN3)c2)c1. The van der Waals surface area contributed by atoms with Gasteiger partial charge in [-0.15, -0.1) is 0 Å². The van der Waals surface area contributed by atoms with Gasteiger partial charge in [-0.05, 0) is 54.5 Å². The van der Waals surface area contributed by atoms with Crippen LogP contribution in [-0.2, 0) is 11.5 Å². The molecule has 6 nitrogen and oxygen atoms in total. The summed E-state index contributed by atoms with van der Waals surface area (Å²) < 4.78 is 19.0. The average molecular weight is 465 g/mol. The van der Waals surface area contributed by atoms with Crippen LogP contribution in [0.2, 0.25) is 5.02 Å². The van der Waals surface area contributed by atoms with Crippen LogP contribution < -0.4 is 15.4 Å². The van der Waals surface area contributed by atoms with Crippen LogP contribution in [0.4, 0.5) is 10.1 Å². The van der Waals surface area contributed by atoms with Gasteiger partial charge < -0.3 is 15.4 Å². The van der Waals surface area contributed by atoms with Crippen LogP contribution in [0.1, 0.15) is 23.7 Å². The molecule has 2 heterocycles. The standard InChI is InChI=1S/C25H22ClFN4O2/c1-16(11-24(32)31-19-5-6-22(26)18(12-19)15-27)17-3-2-4-20(13-17)33-21-7-8-28-23(14-21)25-29-9-10-30-25/h2-8,11-14H,9-10,15H2,1H3,(H,29,30)(H,31,32)/b16-11+. The Morgan fingerprint density at radius 2 is 2.06 bits per heavy atom. The monoisotopic (exact) mass is 464 g/mol. The molecule has 0 atom stereocenters. The van der Waals surface area contributed by atoms with Gasteiger partial charge in [0, 0.05) is 41.2 Å². The molecule has 0 radical (unpaired) electrons. The third-order valence-corrected chi connectivity index (χ3v) is 5.35. The number of rotatable bonds is 7. The van der Waals surface area contributed by atoms with E-state index in [2.05, 4.69) is 20.6 Å². The topological polar surface area (TPSA) is 75.6 Å². The van der Waals surface area contributed by atoms with Crippen molar-refractivity contribution in [3.8, 4) is 11.5 Å². The Morgan fingerprint density at radius 1 is 1.21 bits per heavy atom. The number of nitrogens with one attached hydrogen (secondary N) is 2. The fourth-order valence-electron chi connectivity index (χ4n) is 3.33. The van der Waals surface area contributed by atoms with Gasteiger partial charge in [-0.2, -0.15) is 0 Å². The molecule has 4 rings (SSSR count). The molecule has 1 amide bonds. The minimum atomic E-state index is -0.701. The fraction of sp³-hybridized carbons (Fsp3) is 0.160. The molecule has 0 saturated carbocycles. The lowest BCUT2D eigenvalue weighted by Gasteiger charge is -2.10. The highest BCUT2D eigenvalue weighted by Gasteiger charge is 2.11. The summed E-state index contributed by atoms with van der Waals surface area (Å²) in [6.45, 7) is 2.67. The first-order chi connectivity index (χ1) is 16.0. The molecular formula is C25H22ClFN4O2. The molecule has 168 valence electrons. The summed E-state index contributed by atoms with van der Waals surface area (Å²) in [7, 11) is 0. The second kappa shape index (κ2) is 10.3. The van der Waals surface area contributed by atoms with Crippen molar-refractivity contribution in [2.45, 2.75) is 13.6 Å². The Hall–Kier alpha value is -3.71. The van der Waals surface area contributed by atoms with E-state index in [0.29, 0.717) is 27.8 Å². The van der Waals surface area contributed by atoms with E-state index in [4.69, 9.17) is 16.3 Å². The molecule has 0 saturated heterocycles. The number of aliphatic imine (C=N–C) groups is 1. The Bertz CT molecular complexity index is 1240. The van der Waals surface area contributed by atoms with E-state index < -0.39 is 6.67 Å². The Morgan fingerprint density at radius 3 is 2.85 bits per heavy atom. The number of benzene rings is 2. The number of carbonyl (C=O) groups excluding carboxylic acids is 1. The number of nitrogens with zero attached hydrogens (tertiary/aromatic N) is 2. The van der Waals surface area contributed by atoms with Gasteiger partial charge in [0.05, 0.1) is 6.54 Å². The van der Waals surface area contributed by atoms with E-state index in [1.807, 2.05) is 37.3 Å². The maximum absolute atomic E-state index is 13.0. The fourth-order valence-corrected chi connectivity index (χ4v) is 3.50. The van der Waals surface area contributed by atoms with Crippen molar-refractivity contribution < 1.29 is 13.9 Å². The van der Waals surface area contributed by atoms with E-state index >= 15 is 0 Å². The molecule has 0 bridgehead atoms. The highest BCUT2D eigenvalue weighted by Crippen LogP contribution is 2.26. The quantitative estimate of drug-likeness (QED) is 0.460. The minimum absolute atomic E-state index is 0.324. The number of alkyl halides is 1. The molecule has 2 aromatic carbocycles. The average Bonchev–Trinajstić information content (AvgIpc) is 3.36. The van der Waals surface area contributed by atoms with E-state index in [1.165, 1.54) is 12.1 Å². The number of hydrogen-bond acceptors (Lipinski definition) is 5. The van der Waals surface area contributed by atoms with Gasteiger partial charge in [-0.1, -0.05) is 23.7 Å². The first kappa shape index (κ1) is 22.5. The number of amides is 1. The van der Waals surface area contributed by atoms with Crippen LogP contribution in [0.5, 0.6) is 11.5 Å². The van der Waals surface area contributed by atoms with Gasteiger partial charge in [0.25, 0.3) is 0 Å². The molecule has 0 spiro atoms. The number of carbonyl (C=O) groups is 1. The van der Waals surface area contributed by atoms with Gasteiger partial charge in [-0.25, -0.2) is 4.39 Å². The maximum Gasteiger partial charge on any atom is 0.248 e. The number of anilines is 1. The van der Waals surface area contributed by atoms with Crippen molar-refractivity contribution in [1.82, 2.24) is 10.3 Å². The zero-order chi connectivity index (χ0) is 23.2. The van der Waals surface area contributed by atoms with Crippen molar-refractivity contribution in [3.05, 3.63) is 88.7 Å². The molecule has 2 N–H and O–H groups in total. The Kier molecular flexibility index (Phi) is 7.00. The summed E-state index contributed by atoms with van der Waals surface area (Å²) >= 11 is 5.92. The number of amidine groups is 1. The van der Waals surface area contributed by atoms with Gasteiger partial charge in [0.2, 0.25) is 5.91 Å². The van der Waals surface area contributed by atoms with E-state index in [1.54, 1.807) is 24.4 Å². The van der Waals surface area contributed by atoms with Gasteiger partial charge in [0.15, 0.2) is 0 Å². The molecular weight excluding hydrogens is 443 g/mol. The lowest BCUT2D eigenvalue weighted by Crippen LogP contribution is -2.20. The smallest absolute Gasteiger partial charge is 0.248 e. The first-order valence-electron chi connectivity index (χ1n) is 10.4. The number of ether oxygens (including phenoxy) is 1. The van der Waals surface area contributed by atoms with Crippen molar-refractivity contribution >= 4 is 34.6 Å². The van der Waals surface area contributed by atoms with Gasteiger partial charge >= 0.3 is 0 Å². The van der Waals surface area contributed by atoms with Crippen molar-refractivity contribution in [1.29, 1.82) is 0 Å². The number of hydrogen-bond donors (Lipinski definition) is 2. The van der Waals surface area contributed by atoms with Crippen LogP contribution in [0, 0.1) is 0 Å². The van der Waals surface area contributed by atoms with Gasteiger partial charge in [-0.3, -0.25) is 14.8 Å². The normalized spacial score (nSPS) is 13.3. The summed E-state index contributed by atoms with van der Waals surface area (Å²) in [4.78, 5) is 21.2. The van der Waals surface area contributed by atoms with Crippen LogP contribution in [0.25, 0.3) is 5.57 Å². The summed E-state index contributed by atoms with van der Waals surface area (Å²) in [6, 6.07) is 15.8. The highest BCUT2D eigenvalue weighted by atomic mass is 35.5. The second-order valence-electron chi connectivity index (χ2n) is 7.42. The zero-order valence-corrected chi connectivity index (χ0v) is 18.7. The Labute approximate surface area is 196 Å². The van der Waals surface area contributed by atoms with E-state index in [-0.39, 0.29) is 5.91 Å². The highest BCUT2D eigenvalue weighted by molar-refractivity contribution is 6.31. The summed E-state index contributed by atoms with van der Waals surface area (Å²) in [5.41, 5.74) is 3.12. The predicted octanol–water partition coefficient (Wildman–Crippen LogP) is 5.39. The number of halogens is 2. The minimum Gasteiger partial charge on any atom is -0.457 e. The van der Waals surface area contributed by atoms with Crippen molar-refractivity contribution in [3.63, 3.8) is 0 Å². The van der Waals surface area contributed by atoms with Gasteiger partial charge in [0.1, 0.15) is 29.7 Å². The predicted molar refractivity (Wildman–Crippen MR) is 129 cm³/mol. The number of allylic oxidation sites excluding steroid dienone is 1. The Balaban J connectivity index is 1.46. The molecule has 3 aromatic rings. The largest absolute Gasteiger partial charge is 0.457 e. The van der Waals surface area contributed by atoms with E-state index in [9.17, 15) is 9.18 Å².